The van der Waals surface area contributed by atoms with Crippen molar-refractivity contribution in [2.75, 3.05) is 44.3 Å². The minimum Gasteiger partial charge on any atom is -0.483 e. The first-order valence-electron chi connectivity index (χ1n) is 9.40. The Morgan fingerprint density at radius 3 is 2.41 bits per heavy atom. The molecule has 27 heavy (non-hydrogen) atoms. The number of benzene rings is 1. The van der Waals surface area contributed by atoms with Gasteiger partial charge in [-0.1, -0.05) is 24.3 Å². The van der Waals surface area contributed by atoms with Gasteiger partial charge in [0.25, 0.3) is 6.47 Å². The van der Waals surface area contributed by atoms with Crippen molar-refractivity contribution < 1.29 is 14.6 Å². The normalized spacial score (nSPS) is 18.6. The van der Waals surface area contributed by atoms with Crippen LogP contribution in [-0.4, -0.2) is 71.1 Å². The molecule has 0 radical (unpaired) electrons. The average Bonchev–Trinajstić information content (AvgIpc) is 3.41. The van der Waals surface area contributed by atoms with Crippen LogP contribution in [0.5, 0.6) is 0 Å². The highest BCUT2D eigenvalue weighted by Gasteiger charge is 2.20. The van der Waals surface area contributed by atoms with E-state index in [1.54, 1.807) is 0 Å². The van der Waals surface area contributed by atoms with Crippen LogP contribution >= 0.6 is 0 Å². The van der Waals surface area contributed by atoms with Crippen LogP contribution in [0.2, 0.25) is 0 Å². The van der Waals surface area contributed by atoms with Gasteiger partial charge in [0.1, 0.15) is 0 Å². The summed E-state index contributed by atoms with van der Waals surface area (Å²) in [5.74, 6) is 1.60. The van der Waals surface area contributed by atoms with Crippen LogP contribution in [-0.2, 0) is 9.53 Å². The number of ether oxygens (including phenoxy) is 1. The fourth-order valence-electron chi connectivity index (χ4n) is 3.55. The first-order valence-corrected chi connectivity index (χ1v) is 9.40. The Balaban J connectivity index is 0.000000659. The van der Waals surface area contributed by atoms with E-state index in [1.165, 1.54) is 31.5 Å². The van der Waals surface area contributed by atoms with Crippen LogP contribution in [0.4, 0.5) is 5.95 Å². The quantitative estimate of drug-likeness (QED) is 0.793. The highest BCUT2D eigenvalue weighted by molar-refractivity contribution is 5.57. The summed E-state index contributed by atoms with van der Waals surface area (Å²) in [6.45, 7) is 7.67. The van der Waals surface area contributed by atoms with E-state index < -0.39 is 0 Å². The van der Waals surface area contributed by atoms with Crippen LogP contribution in [0.3, 0.4) is 0 Å². The van der Waals surface area contributed by atoms with Gasteiger partial charge in [-0.3, -0.25) is 14.8 Å². The van der Waals surface area contributed by atoms with Gasteiger partial charge >= 0.3 is 0 Å². The third-order valence-corrected chi connectivity index (χ3v) is 5.12. The van der Waals surface area contributed by atoms with Crippen LogP contribution in [0.15, 0.2) is 24.3 Å². The number of anilines is 1. The molecule has 0 bridgehead atoms. The molecule has 1 unspecified atom stereocenters. The van der Waals surface area contributed by atoms with Crippen LogP contribution in [0, 0.1) is 0 Å². The number of nitrogens with one attached hydrogen (secondary N) is 1. The number of aromatic nitrogens is 3. The van der Waals surface area contributed by atoms with Gasteiger partial charge in [0, 0.05) is 24.7 Å². The number of morpholine rings is 1. The number of hydrogen-bond acceptors (Lipinski definition) is 6. The molecule has 3 heterocycles. The second-order valence-corrected chi connectivity index (χ2v) is 6.73. The number of hydrogen-bond donors (Lipinski definition) is 2. The summed E-state index contributed by atoms with van der Waals surface area (Å²) in [5, 5.41) is 14.3. The van der Waals surface area contributed by atoms with Gasteiger partial charge in [0.15, 0.2) is 5.82 Å². The van der Waals surface area contributed by atoms with Crippen molar-refractivity contribution in [3.63, 3.8) is 0 Å². The van der Waals surface area contributed by atoms with Gasteiger partial charge in [0.05, 0.1) is 13.2 Å². The summed E-state index contributed by atoms with van der Waals surface area (Å²) in [6, 6.07) is 9.21. The van der Waals surface area contributed by atoms with Crippen molar-refractivity contribution in [1.29, 1.82) is 0 Å². The summed E-state index contributed by atoms with van der Waals surface area (Å²) >= 11 is 0. The number of H-pyrrole nitrogens is 1. The van der Waals surface area contributed by atoms with E-state index in [9.17, 15) is 0 Å². The Labute approximate surface area is 159 Å². The summed E-state index contributed by atoms with van der Waals surface area (Å²) in [5.41, 5.74) is 2.45. The molecular formula is C19H27N5O3. The fourth-order valence-corrected chi connectivity index (χ4v) is 3.55. The van der Waals surface area contributed by atoms with E-state index in [1.807, 2.05) is 0 Å². The lowest BCUT2D eigenvalue weighted by Crippen LogP contribution is -2.36. The molecule has 8 nitrogen and oxygen atoms in total. The Morgan fingerprint density at radius 2 is 1.78 bits per heavy atom. The Kier molecular flexibility index (Phi) is 6.78. The number of carboxylic acid groups (broad SMARTS) is 1. The van der Waals surface area contributed by atoms with Gasteiger partial charge in [-0.15, -0.1) is 5.10 Å². The lowest BCUT2D eigenvalue weighted by atomic mass is 10.0. The Bertz CT molecular complexity index is 706. The summed E-state index contributed by atoms with van der Waals surface area (Å²) in [6.07, 6.45) is 2.65. The molecule has 2 saturated heterocycles. The Hall–Kier alpha value is -2.45. The van der Waals surface area contributed by atoms with E-state index in [-0.39, 0.29) is 6.47 Å². The maximum Gasteiger partial charge on any atom is 0.290 e. The Morgan fingerprint density at radius 1 is 1.15 bits per heavy atom. The maximum absolute atomic E-state index is 8.36. The third-order valence-electron chi connectivity index (χ3n) is 5.12. The molecular weight excluding hydrogens is 346 g/mol. The first-order chi connectivity index (χ1) is 13.2. The van der Waals surface area contributed by atoms with Crippen molar-refractivity contribution in [2.45, 2.75) is 25.8 Å². The molecule has 0 saturated carbocycles. The number of likely N-dealkylation sites (tertiary alicyclic amines) is 1. The summed E-state index contributed by atoms with van der Waals surface area (Å²) in [7, 11) is 0. The van der Waals surface area contributed by atoms with E-state index in [0.29, 0.717) is 6.04 Å². The lowest BCUT2D eigenvalue weighted by Gasteiger charge is -2.25. The molecule has 146 valence electrons. The van der Waals surface area contributed by atoms with Crippen LogP contribution in [0.1, 0.15) is 31.4 Å². The van der Waals surface area contributed by atoms with E-state index in [4.69, 9.17) is 14.6 Å². The molecule has 1 atom stereocenters. The fraction of sp³-hybridized carbons (Fsp3) is 0.526. The van der Waals surface area contributed by atoms with Gasteiger partial charge < -0.3 is 14.7 Å². The highest BCUT2D eigenvalue weighted by Crippen LogP contribution is 2.26. The molecule has 0 spiro atoms. The number of aromatic amines is 1. The second-order valence-electron chi connectivity index (χ2n) is 6.73. The third kappa shape index (κ3) is 4.84. The maximum atomic E-state index is 8.36. The number of carbonyl (C=O) groups is 1. The van der Waals surface area contributed by atoms with E-state index in [2.05, 4.69) is 56.2 Å². The second kappa shape index (κ2) is 9.48. The molecule has 1 aromatic carbocycles. The number of rotatable bonds is 4. The van der Waals surface area contributed by atoms with E-state index >= 15 is 0 Å². The largest absolute Gasteiger partial charge is 0.483 e. The first kappa shape index (κ1) is 19.3. The minimum atomic E-state index is -0.250. The zero-order valence-electron chi connectivity index (χ0n) is 15.7. The topological polar surface area (TPSA) is 94.6 Å². The molecule has 2 aromatic rings. The van der Waals surface area contributed by atoms with Crippen LogP contribution in [0.25, 0.3) is 11.4 Å². The molecule has 0 amide bonds. The molecule has 4 rings (SSSR count). The molecule has 8 heteroatoms. The SMILES string of the molecule is CC(c1ccc(-c2nc(N3CCOCC3)n[nH]2)cc1)N1CCCC1.O=CO. The smallest absolute Gasteiger partial charge is 0.290 e. The van der Waals surface area contributed by atoms with Gasteiger partial charge in [-0.25, -0.2) is 0 Å². The van der Waals surface area contributed by atoms with Crippen molar-refractivity contribution in [2.24, 2.45) is 0 Å². The summed E-state index contributed by atoms with van der Waals surface area (Å²) in [4.78, 5) is 17.7. The highest BCUT2D eigenvalue weighted by atomic mass is 16.5. The van der Waals surface area contributed by atoms with Gasteiger partial charge in [-0.05, 0) is 38.4 Å². The zero-order chi connectivity index (χ0) is 19.1. The monoisotopic (exact) mass is 373 g/mol. The molecule has 2 aliphatic heterocycles. The van der Waals surface area contributed by atoms with E-state index in [0.717, 1.165) is 43.6 Å². The summed E-state index contributed by atoms with van der Waals surface area (Å²) < 4.78 is 5.38. The molecule has 1 aromatic heterocycles. The predicted octanol–water partition coefficient (Wildman–Crippen LogP) is 2.17. The minimum absolute atomic E-state index is 0.250. The number of nitrogens with zero attached hydrogens (tertiary/aromatic N) is 4. The lowest BCUT2D eigenvalue weighted by molar-refractivity contribution is -0.122. The van der Waals surface area contributed by atoms with Crippen molar-refractivity contribution in [1.82, 2.24) is 20.1 Å². The van der Waals surface area contributed by atoms with Gasteiger partial charge in [0.2, 0.25) is 5.95 Å². The standard InChI is InChI=1S/C18H25N5O.CH2O2/c1-14(22-8-2-3-9-22)15-4-6-16(7-5-15)17-19-18(21-20-17)23-10-12-24-13-11-23;2-1-3/h4-7,14H,2-3,8-13H2,1H3,(H,19,20,21);1H,(H,2,3). The van der Waals surface area contributed by atoms with Crippen LogP contribution < -0.4 is 4.90 Å². The van der Waals surface area contributed by atoms with Crippen molar-refractivity contribution >= 4 is 12.4 Å². The average molecular weight is 373 g/mol. The molecule has 2 fully saturated rings. The van der Waals surface area contributed by atoms with Crippen molar-refractivity contribution in [3.8, 4) is 11.4 Å². The molecule has 0 aliphatic carbocycles. The van der Waals surface area contributed by atoms with Gasteiger partial charge in [-0.2, -0.15) is 4.98 Å². The van der Waals surface area contributed by atoms with Crippen molar-refractivity contribution in [3.05, 3.63) is 29.8 Å². The zero-order valence-corrected chi connectivity index (χ0v) is 15.7. The predicted molar refractivity (Wildman–Crippen MR) is 103 cm³/mol. The molecule has 2 aliphatic rings. The molecule has 2 N–H and O–H groups in total.